The molecule has 172 valence electrons. The lowest BCUT2D eigenvalue weighted by atomic mass is 9.87. The number of nitrogens with zero attached hydrogens (tertiary/aromatic N) is 6. The minimum Gasteiger partial charge on any atom is -0.450 e. The van der Waals surface area contributed by atoms with Gasteiger partial charge in [-0.2, -0.15) is 10.4 Å². The quantitative estimate of drug-likeness (QED) is 0.277. The van der Waals surface area contributed by atoms with E-state index in [-0.39, 0.29) is 6.61 Å². The number of ether oxygens (including phenoxy) is 3. The number of aliphatic imine (C=N–C) groups is 1. The van der Waals surface area contributed by atoms with Gasteiger partial charge in [0.2, 0.25) is 5.60 Å². The number of fused-ring (bicyclic) bond motifs is 1. The van der Waals surface area contributed by atoms with E-state index in [9.17, 15) is 15.2 Å². The first-order chi connectivity index (χ1) is 15.0. The third kappa shape index (κ3) is 4.50. The van der Waals surface area contributed by atoms with Crippen molar-refractivity contribution in [3.8, 4) is 6.07 Å². The van der Waals surface area contributed by atoms with Gasteiger partial charge in [-0.3, -0.25) is 0 Å². The van der Waals surface area contributed by atoms with Crippen LogP contribution in [-0.2, 0) is 19.8 Å². The van der Waals surface area contributed by atoms with Crippen LogP contribution in [0.25, 0.3) is 5.52 Å². The number of hydrogen-bond acceptors (Lipinski definition) is 9. The molecule has 0 bridgehead atoms. The lowest BCUT2D eigenvalue weighted by Gasteiger charge is -2.33. The molecule has 2 aromatic rings. The minimum absolute atomic E-state index is 0.303. The second-order valence-corrected chi connectivity index (χ2v) is 8.23. The molecule has 2 N–H and O–H groups in total. The van der Waals surface area contributed by atoms with E-state index in [4.69, 9.17) is 19.3 Å². The normalized spacial score (nSPS) is 25.8. The summed E-state index contributed by atoms with van der Waals surface area (Å²) < 4.78 is 18.1. The van der Waals surface area contributed by atoms with Gasteiger partial charge in [-0.05, 0) is 26.0 Å². The van der Waals surface area contributed by atoms with E-state index < -0.39 is 35.7 Å². The van der Waals surface area contributed by atoms with Crippen LogP contribution in [0.2, 0.25) is 0 Å². The average molecular weight is 446 g/mol. The van der Waals surface area contributed by atoms with Crippen molar-refractivity contribution in [3.63, 3.8) is 0 Å². The van der Waals surface area contributed by atoms with E-state index in [1.807, 2.05) is 14.1 Å². The monoisotopic (exact) mass is 446 g/mol. The Kier molecular flexibility index (Phi) is 6.36. The summed E-state index contributed by atoms with van der Waals surface area (Å²) in [4.78, 5) is 21.2. The Morgan fingerprint density at radius 3 is 2.81 bits per heavy atom. The first-order valence-electron chi connectivity index (χ1n) is 9.87. The predicted octanol–water partition coefficient (Wildman–Crippen LogP) is 1.51. The highest BCUT2D eigenvalue weighted by atomic mass is 16.7. The van der Waals surface area contributed by atoms with Crippen LogP contribution in [0, 0.1) is 17.2 Å². The molecule has 12 heteroatoms. The molecule has 0 saturated carbocycles. The maximum Gasteiger partial charge on any atom is 0.505 e. The van der Waals surface area contributed by atoms with Crippen LogP contribution in [0.5, 0.6) is 0 Å². The Morgan fingerprint density at radius 2 is 2.22 bits per heavy atom. The summed E-state index contributed by atoms with van der Waals surface area (Å²) in [5, 5.41) is 33.8. The first kappa shape index (κ1) is 23.4. The van der Waals surface area contributed by atoms with Crippen molar-refractivity contribution in [3.05, 3.63) is 24.2 Å². The van der Waals surface area contributed by atoms with Crippen molar-refractivity contribution in [2.75, 3.05) is 20.7 Å². The van der Waals surface area contributed by atoms with Gasteiger partial charge in [0.15, 0.2) is 11.6 Å². The van der Waals surface area contributed by atoms with Gasteiger partial charge in [0, 0.05) is 20.0 Å². The fourth-order valence-corrected chi connectivity index (χ4v) is 3.64. The van der Waals surface area contributed by atoms with Gasteiger partial charge in [-0.1, -0.05) is 6.92 Å². The molecule has 0 spiro atoms. The fourth-order valence-electron chi connectivity index (χ4n) is 3.64. The molecule has 4 atom stereocenters. The van der Waals surface area contributed by atoms with Crippen LogP contribution in [0.1, 0.15) is 26.5 Å². The number of hydrogen-bond donors (Lipinski definition) is 2. The van der Waals surface area contributed by atoms with E-state index in [2.05, 4.69) is 21.1 Å². The van der Waals surface area contributed by atoms with Crippen molar-refractivity contribution < 1.29 is 29.2 Å². The molecule has 0 amide bonds. The van der Waals surface area contributed by atoms with Gasteiger partial charge in [0.05, 0.1) is 18.1 Å². The zero-order chi connectivity index (χ0) is 23.7. The van der Waals surface area contributed by atoms with Gasteiger partial charge in [-0.15, -0.1) is 0 Å². The molecule has 12 nitrogen and oxygen atoms in total. The van der Waals surface area contributed by atoms with Gasteiger partial charge >= 0.3 is 6.16 Å². The van der Waals surface area contributed by atoms with E-state index in [1.54, 1.807) is 30.3 Å². The third-order valence-corrected chi connectivity index (χ3v) is 4.98. The topological polar surface area (TPSA) is 155 Å². The molecule has 0 unspecified atom stereocenters. The van der Waals surface area contributed by atoms with E-state index in [0.29, 0.717) is 17.0 Å². The second kappa shape index (κ2) is 8.70. The van der Waals surface area contributed by atoms with Gasteiger partial charge in [0.25, 0.3) is 0 Å². The van der Waals surface area contributed by atoms with Crippen LogP contribution < -0.4 is 0 Å². The standard InChI is InChI=1S/C20H26N6O6/c1-12-14(8-30-18(27)28)31-20(9-21,16(12)32-19(2,3)29)15-7-6-13-17(23-11-25(4)5)22-10-24-26(13)15/h6-7,10-12,14,16,29H,8H2,1-5H3,(H,27,28)/t12-,14-,16-,20+/m1/s1. The summed E-state index contributed by atoms with van der Waals surface area (Å²) in [6.07, 6.45) is -0.324. The van der Waals surface area contributed by atoms with Crippen LogP contribution in [-0.4, -0.2) is 80.9 Å². The molecule has 32 heavy (non-hydrogen) atoms. The Hall–Kier alpha value is -3.27. The molecule has 0 aliphatic carbocycles. The average Bonchev–Trinajstić information content (AvgIpc) is 3.25. The van der Waals surface area contributed by atoms with Crippen LogP contribution in [0.15, 0.2) is 23.5 Å². The van der Waals surface area contributed by atoms with Gasteiger partial charge in [-0.25, -0.2) is 19.3 Å². The number of aliphatic hydroxyl groups is 1. The zero-order valence-corrected chi connectivity index (χ0v) is 18.5. The van der Waals surface area contributed by atoms with Gasteiger partial charge < -0.3 is 29.3 Å². The largest absolute Gasteiger partial charge is 0.505 e. The summed E-state index contributed by atoms with van der Waals surface area (Å²) in [6.45, 7) is 4.32. The predicted molar refractivity (Wildman–Crippen MR) is 111 cm³/mol. The number of carbonyl (C=O) groups is 1. The van der Waals surface area contributed by atoms with Crippen LogP contribution in [0.3, 0.4) is 0 Å². The molecule has 3 rings (SSSR count). The van der Waals surface area contributed by atoms with E-state index in [1.165, 1.54) is 24.7 Å². The van der Waals surface area contributed by atoms with E-state index in [0.717, 1.165) is 0 Å². The van der Waals surface area contributed by atoms with Crippen molar-refractivity contribution in [2.45, 2.75) is 44.4 Å². The maximum absolute atomic E-state index is 10.9. The fraction of sp³-hybridized carbons (Fsp3) is 0.550. The summed E-state index contributed by atoms with van der Waals surface area (Å²) in [7, 11) is 3.64. The van der Waals surface area contributed by atoms with Crippen LogP contribution in [0.4, 0.5) is 10.6 Å². The van der Waals surface area contributed by atoms with Gasteiger partial charge in [0.1, 0.15) is 30.6 Å². The highest BCUT2D eigenvalue weighted by molar-refractivity contribution is 5.71. The summed E-state index contributed by atoms with van der Waals surface area (Å²) in [5.74, 6) is -1.71. The number of carboxylic acid groups (broad SMARTS) is 1. The zero-order valence-electron chi connectivity index (χ0n) is 18.5. The van der Waals surface area contributed by atoms with Crippen molar-refractivity contribution in [1.82, 2.24) is 19.5 Å². The highest BCUT2D eigenvalue weighted by Crippen LogP contribution is 2.46. The first-order valence-corrected chi connectivity index (χ1v) is 9.87. The Balaban J connectivity index is 2.12. The SMILES string of the molecule is C[C@H]1[C@@H](OC(C)(C)O)[C@](C#N)(c2ccc3c(N=CN(C)C)ncnn23)O[C@@H]1COC(=O)O. The molecule has 3 heterocycles. The molecular weight excluding hydrogens is 420 g/mol. The van der Waals surface area contributed by atoms with Crippen molar-refractivity contribution in [1.29, 1.82) is 5.26 Å². The number of nitriles is 1. The highest BCUT2D eigenvalue weighted by Gasteiger charge is 2.59. The Bertz CT molecular complexity index is 1060. The molecule has 1 aliphatic rings. The number of aromatic nitrogens is 3. The van der Waals surface area contributed by atoms with Crippen LogP contribution >= 0.6 is 0 Å². The molecule has 1 fully saturated rings. The summed E-state index contributed by atoms with van der Waals surface area (Å²) in [5.41, 5.74) is -0.855. The maximum atomic E-state index is 10.9. The molecule has 2 aromatic heterocycles. The molecular formula is C20H26N6O6. The summed E-state index contributed by atoms with van der Waals surface area (Å²) in [6, 6.07) is 5.52. The minimum atomic E-state index is -1.71. The molecule has 0 aromatic carbocycles. The molecule has 0 radical (unpaired) electrons. The molecule has 1 saturated heterocycles. The smallest absolute Gasteiger partial charge is 0.450 e. The van der Waals surface area contributed by atoms with Crippen molar-refractivity contribution >= 4 is 23.8 Å². The lowest BCUT2D eigenvalue weighted by Crippen LogP contribution is -2.45. The second-order valence-electron chi connectivity index (χ2n) is 8.23. The Morgan fingerprint density at radius 1 is 1.50 bits per heavy atom. The molecule has 1 aliphatic heterocycles. The Labute approximate surface area is 184 Å². The third-order valence-electron chi connectivity index (χ3n) is 4.98. The van der Waals surface area contributed by atoms with Crippen molar-refractivity contribution in [2.24, 2.45) is 10.9 Å². The lowest BCUT2D eigenvalue weighted by molar-refractivity contribution is -0.232. The number of rotatable bonds is 7. The summed E-state index contributed by atoms with van der Waals surface area (Å²) >= 11 is 0. The van der Waals surface area contributed by atoms with E-state index >= 15 is 0 Å².